The summed E-state index contributed by atoms with van der Waals surface area (Å²) in [7, 11) is 0. The van der Waals surface area contributed by atoms with E-state index in [1.165, 1.54) is 6.42 Å². The smallest absolute Gasteiger partial charge is 0.132 e. The monoisotopic (exact) mass is 151 g/mol. The van der Waals surface area contributed by atoms with Crippen LogP contribution in [0.4, 0.5) is 0 Å². The zero-order valence-electron chi connectivity index (χ0n) is 6.99. The molecule has 0 saturated carbocycles. The quantitative estimate of drug-likeness (QED) is 0.656. The third-order valence-corrected chi connectivity index (χ3v) is 1.77. The van der Waals surface area contributed by atoms with E-state index in [9.17, 15) is 0 Å². The molecule has 0 radical (unpaired) electrons. The van der Waals surface area contributed by atoms with Crippen molar-refractivity contribution in [3.05, 3.63) is 18.5 Å². The summed E-state index contributed by atoms with van der Waals surface area (Å²) in [5.74, 6) is 1.56. The Bertz CT molecular complexity index is 198. The summed E-state index contributed by atoms with van der Waals surface area (Å²) in [5.41, 5.74) is 0. The minimum Gasteiger partial charge on any atom is -0.225 e. The van der Waals surface area contributed by atoms with Gasteiger partial charge in [0.25, 0.3) is 0 Å². The number of hydrogen-bond acceptors (Lipinski definition) is 3. The van der Waals surface area contributed by atoms with Crippen molar-refractivity contribution < 1.29 is 0 Å². The summed E-state index contributed by atoms with van der Waals surface area (Å²) in [6, 6.07) is 0. The third-order valence-electron chi connectivity index (χ3n) is 1.77. The molecule has 1 unspecified atom stereocenters. The van der Waals surface area contributed by atoms with E-state index in [0.717, 1.165) is 12.2 Å². The maximum absolute atomic E-state index is 4.04. The van der Waals surface area contributed by atoms with Crippen LogP contribution in [0.1, 0.15) is 26.1 Å². The summed E-state index contributed by atoms with van der Waals surface area (Å²) in [4.78, 5) is 11.8. The molecule has 3 nitrogen and oxygen atoms in total. The van der Waals surface area contributed by atoms with Crippen molar-refractivity contribution in [1.82, 2.24) is 15.0 Å². The van der Waals surface area contributed by atoms with Crippen LogP contribution in [-0.2, 0) is 6.42 Å². The molecule has 0 fully saturated rings. The largest absolute Gasteiger partial charge is 0.225 e. The van der Waals surface area contributed by atoms with E-state index in [1.54, 1.807) is 12.7 Å². The van der Waals surface area contributed by atoms with Gasteiger partial charge in [0.1, 0.15) is 18.5 Å². The Labute approximate surface area is 66.9 Å². The first-order valence-corrected chi connectivity index (χ1v) is 3.93. The third kappa shape index (κ3) is 2.62. The van der Waals surface area contributed by atoms with Crippen molar-refractivity contribution in [1.29, 1.82) is 0 Å². The summed E-state index contributed by atoms with van der Waals surface area (Å²) in [6.45, 7) is 4.37. The Kier molecular flexibility index (Phi) is 2.95. The lowest BCUT2D eigenvalue weighted by Gasteiger charge is -2.04. The molecule has 1 aromatic heterocycles. The second-order valence-electron chi connectivity index (χ2n) is 2.77. The summed E-state index contributed by atoms with van der Waals surface area (Å²) in [5, 5.41) is 0. The zero-order chi connectivity index (χ0) is 8.10. The van der Waals surface area contributed by atoms with Crippen LogP contribution in [0, 0.1) is 5.92 Å². The Morgan fingerprint density at radius 1 is 1.36 bits per heavy atom. The average Bonchev–Trinajstić information content (AvgIpc) is 2.06. The molecule has 1 aromatic rings. The zero-order valence-corrected chi connectivity index (χ0v) is 6.99. The summed E-state index contributed by atoms with van der Waals surface area (Å²) >= 11 is 0. The number of nitrogens with zero attached hydrogens (tertiary/aromatic N) is 3. The molecule has 1 rings (SSSR count). The molecule has 1 atom stereocenters. The van der Waals surface area contributed by atoms with Crippen LogP contribution in [0.15, 0.2) is 12.7 Å². The SMILES string of the molecule is CCC(C)Cc1ncncn1. The second kappa shape index (κ2) is 4.01. The van der Waals surface area contributed by atoms with Crippen molar-refractivity contribution >= 4 is 0 Å². The van der Waals surface area contributed by atoms with E-state index in [-0.39, 0.29) is 0 Å². The highest BCUT2D eigenvalue weighted by Gasteiger charge is 2.01. The summed E-state index contributed by atoms with van der Waals surface area (Å²) < 4.78 is 0. The molecule has 0 saturated heterocycles. The lowest BCUT2D eigenvalue weighted by molar-refractivity contribution is 0.541. The molecule has 0 aliphatic carbocycles. The van der Waals surface area contributed by atoms with Gasteiger partial charge in [-0.15, -0.1) is 0 Å². The van der Waals surface area contributed by atoms with Gasteiger partial charge >= 0.3 is 0 Å². The molecule has 3 heteroatoms. The van der Waals surface area contributed by atoms with Gasteiger partial charge in [-0.05, 0) is 5.92 Å². The highest BCUT2D eigenvalue weighted by Crippen LogP contribution is 2.05. The first-order valence-electron chi connectivity index (χ1n) is 3.93. The van der Waals surface area contributed by atoms with Gasteiger partial charge in [0.2, 0.25) is 0 Å². The lowest BCUT2D eigenvalue weighted by atomic mass is 10.1. The van der Waals surface area contributed by atoms with Crippen molar-refractivity contribution in [3.8, 4) is 0 Å². The van der Waals surface area contributed by atoms with E-state index in [2.05, 4.69) is 28.8 Å². The molecule has 0 spiro atoms. The number of aromatic nitrogens is 3. The normalized spacial score (nSPS) is 12.9. The fraction of sp³-hybridized carbons (Fsp3) is 0.625. The fourth-order valence-electron chi connectivity index (χ4n) is 0.825. The van der Waals surface area contributed by atoms with Gasteiger partial charge in [0.05, 0.1) is 0 Å². The standard InChI is InChI=1S/C8H13N3/c1-3-7(2)4-8-10-5-9-6-11-8/h5-7H,3-4H2,1-2H3. The van der Waals surface area contributed by atoms with E-state index in [0.29, 0.717) is 5.92 Å². The molecule has 60 valence electrons. The van der Waals surface area contributed by atoms with Gasteiger partial charge in [-0.1, -0.05) is 20.3 Å². The van der Waals surface area contributed by atoms with Gasteiger partial charge in [0.15, 0.2) is 0 Å². The number of hydrogen-bond donors (Lipinski definition) is 0. The lowest BCUT2D eigenvalue weighted by Crippen LogP contribution is -2.02. The molecular weight excluding hydrogens is 138 g/mol. The first-order chi connectivity index (χ1) is 5.33. The second-order valence-corrected chi connectivity index (χ2v) is 2.77. The number of rotatable bonds is 3. The molecule has 0 aliphatic rings. The first kappa shape index (κ1) is 8.11. The van der Waals surface area contributed by atoms with Crippen molar-refractivity contribution in [2.75, 3.05) is 0 Å². The van der Waals surface area contributed by atoms with E-state index >= 15 is 0 Å². The molecule has 0 aromatic carbocycles. The van der Waals surface area contributed by atoms with Crippen LogP contribution in [0.2, 0.25) is 0 Å². The van der Waals surface area contributed by atoms with E-state index < -0.39 is 0 Å². The highest BCUT2D eigenvalue weighted by molar-refractivity contribution is 4.82. The van der Waals surface area contributed by atoms with Crippen LogP contribution in [0.5, 0.6) is 0 Å². The maximum atomic E-state index is 4.04. The Balaban J connectivity index is 2.51. The maximum Gasteiger partial charge on any atom is 0.132 e. The van der Waals surface area contributed by atoms with Crippen LogP contribution in [-0.4, -0.2) is 15.0 Å². The summed E-state index contributed by atoms with van der Waals surface area (Å²) in [6.07, 6.45) is 5.22. The Hall–Kier alpha value is -0.990. The average molecular weight is 151 g/mol. The molecule has 0 amide bonds. The molecule has 0 bridgehead atoms. The van der Waals surface area contributed by atoms with Gasteiger partial charge in [-0.25, -0.2) is 15.0 Å². The predicted molar refractivity (Wildman–Crippen MR) is 43.0 cm³/mol. The van der Waals surface area contributed by atoms with Crippen molar-refractivity contribution in [2.24, 2.45) is 5.92 Å². The molecular formula is C8H13N3. The minimum absolute atomic E-state index is 0.664. The van der Waals surface area contributed by atoms with Crippen molar-refractivity contribution in [3.63, 3.8) is 0 Å². The van der Waals surface area contributed by atoms with E-state index in [4.69, 9.17) is 0 Å². The van der Waals surface area contributed by atoms with Gasteiger partial charge in [0, 0.05) is 6.42 Å². The molecule has 0 aliphatic heterocycles. The fourth-order valence-corrected chi connectivity index (χ4v) is 0.825. The van der Waals surface area contributed by atoms with Crippen LogP contribution in [0.3, 0.4) is 0 Å². The Morgan fingerprint density at radius 3 is 2.55 bits per heavy atom. The van der Waals surface area contributed by atoms with Crippen molar-refractivity contribution in [2.45, 2.75) is 26.7 Å². The van der Waals surface area contributed by atoms with Gasteiger partial charge < -0.3 is 0 Å². The molecule has 11 heavy (non-hydrogen) atoms. The highest BCUT2D eigenvalue weighted by atomic mass is 15.0. The van der Waals surface area contributed by atoms with E-state index in [1.807, 2.05) is 0 Å². The minimum atomic E-state index is 0.664. The van der Waals surface area contributed by atoms with Crippen LogP contribution < -0.4 is 0 Å². The Morgan fingerprint density at radius 2 is 2.00 bits per heavy atom. The van der Waals surface area contributed by atoms with Gasteiger partial charge in [-0.2, -0.15) is 0 Å². The molecule has 1 heterocycles. The van der Waals surface area contributed by atoms with Crippen LogP contribution >= 0.6 is 0 Å². The molecule has 0 N–H and O–H groups in total. The predicted octanol–water partition coefficient (Wildman–Crippen LogP) is 1.46. The van der Waals surface area contributed by atoms with Crippen LogP contribution in [0.25, 0.3) is 0 Å². The van der Waals surface area contributed by atoms with Gasteiger partial charge in [-0.3, -0.25) is 0 Å². The topological polar surface area (TPSA) is 38.7 Å².